The van der Waals surface area contributed by atoms with Crippen molar-refractivity contribution in [3.8, 4) is 21.7 Å². The summed E-state index contributed by atoms with van der Waals surface area (Å²) >= 11 is 1.83. The number of rotatable bonds is 2. The van der Waals surface area contributed by atoms with Crippen LogP contribution in [-0.4, -0.2) is 4.98 Å². The fourth-order valence-electron chi connectivity index (χ4n) is 5.06. The van der Waals surface area contributed by atoms with Crippen molar-refractivity contribution in [1.82, 2.24) is 4.98 Å². The molecule has 0 N–H and O–H groups in total. The Kier molecular flexibility index (Phi) is 4.69. The molecule has 0 aliphatic carbocycles. The average Bonchev–Trinajstić information content (AvgIpc) is 3.36. The molecule has 0 spiro atoms. The third-order valence-corrected chi connectivity index (χ3v) is 8.00. The second-order valence-electron chi connectivity index (χ2n) is 10.2. The molecule has 34 heavy (non-hydrogen) atoms. The molecule has 0 bridgehead atoms. The molecular formula is C31H27NOS. The van der Waals surface area contributed by atoms with E-state index in [1.54, 1.807) is 0 Å². The van der Waals surface area contributed by atoms with Crippen molar-refractivity contribution in [2.24, 2.45) is 0 Å². The van der Waals surface area contributed by atoms with Crippen LogP contribution in [0.2, 0.25) is 0 Å². The number of thiophene rings is 1. The normalized spacial score (nSPS) is 12.3. The molecule has 0 aliphatic rings. The van der Waals surface area contributed by atoms with Crippen molar-refractivity contribution in [2.45, 2.75) is 40.0 Å². The molecule has 3 heterocycles. The highest BCUT2D eigenvalue weighted by molar-refractivity contribution is 7.22. The van der Waals surface area contributed by atoms with Crippen LogP contribution in [0.15, 0.2) is 77.3 Å². The summed E-state index contributed by atoms with van der Waals surface area (Å²) in [5.41, 5.74) is 7.04. The van der Waals surface area contributed by atoms with Crippen LogP contribution in [0.3, 0.4) is 0 Å². The maximum Gasteiger partial charge on any atom is 0.134 e. The molecule has 0 atom stereocenters. The first-order valence-electron chi connectivity index (χ1n) is 11.7. The van der Waals surface area contributed by atoms with Gasteiger partial charge in [-0.1, -0.05) is 57.2 Å². The van der Waals surface area contributed by atoms with E-state index in [0.717, 1.165) is 22.4 Å². The van der Waals surface area contributed by atoms with Crippen molar-refractivity contribution in [2.75, 3.05) is 0 Å². The molecule has 0 saturated heterocycles. The summed E-state index contributed by atoms with van der Waals surface area (Å²) in [5.74, 6) is 0.942. The number of fused-ring (bicyclic) bond motifs is 3. The average molecular weight is 462 g/mol. The van der Waals surface area contributed by atoms with Crippen molar-refractivity contribution in [1.29, 1.82) is 0 Å². The van der Waals surface area contributed by atoms with Crippen LogP contribution in [0, 0.1) is 13.8 Å². The third kappa shape index (κ3) is 3.35. The predicted molar refractivity (Wildman–Crippen MR) is 146 cm³/mol. The third-order valence-electron chi connectivity index (χ3n) is 6.69. The highest BCUT2D eigenvalue weighted by atomic mass is 32.1. The molecule has 168 valence electrons. The number of hydrogen-bond acceptors (Lipinski definition) is 3. The highest BCUT2D eigenvalue weighted by Crippen LogP contribution is 2.43. The standard InChI is InChI=1S/C31H27NOS/c1-18-14-21-10-11-22(17-26(21)33-18)30-19(2)28-27(34-30)12-13-32-29(28)23-15-20-8-6-7-9-24(20)25(16-23)31(3,4)5/h6-17H,1-5H3. The zero-order valence-corrected chi connectivity index (χ0v) is 21.0. The van der Waals surface area contributed by atoms with Crippen LogP contribution in [0.4, 0.5) is 0 Å². The maximum atomic E-state index is 5.92. The summed E-state index contributed by atoms with van der Waals surface area (Å²) in [6.07, 6.45) is 1.95. The zero-order chi connectivity index (χ0) is 23.6. The second-order valence-corrected chi connectivity index (χ2v) is 11.2. The van der Waals surface area contributed by atoms with E-state index in [2.05, 4.69) is 94.4 Å². The van der Waals surface area contributed by atoms with Crippen LogP contribution in [0.5, 0.6) is 0 Å². The Labute approximate surface area is 203 Å². The predicted octanol–water partition coefficient (Wildman–Crippen LogP) is 9.44. The van der Waals surface area contributed by atoms with Gasteiger partial charge in [-0.25, -0.2) is 0 Å². The topological polar surface area (TPSA) is 26.0 Å². The van der Waals surface area contributed by atoms with E-state index in [1.807, 2.05) is 24.5 Å². The number of hydrogen-bond donors (Lipinski definition) is 0. The van der Waals surface area contributed by atoms with Gasteiger partial charge in [-0.3, -0.25) is 4.98 Å². The van der Waals surface area contributed by atoms with Gasteiger partial charge in [0.1, 0.15) is 11.3 Å². The number of aromatic nitrogens is 1. The summed E-state index contributed by atoms with van der Waals surface area (Å²) in [5, 5.41) is 4.97. The van der Waals surface area contributed by atoms with Crippen LogP contribution >= 0.6 is 11.3 Å². The van der Waals surface area contributed by atoms with E-state index in [-0.39, 0.29) is 5.41 Å². The van der Waals surface area contributed by atoms with Crippen LogP contribution < -0.4 is 0 Å². The number of nitrogens with zero attached hydrogens (tertiary/aromatic N) is 1. The Morgan fingerprint density at radius 3 is 2.47 bits per heavy atom. The van der Waals surface area contributed by atoms with Gasteiger partial charge in [0.05, 0.1) is 5.69 Å². The molecule has 0 aliphatic heterocycles. The minimum absolute atomic E-state index is 0.0367. The highest BCUT2D eigenvalue weighted by Gasteiger charge is 2.21. The van der Waals surface area contributed by atoms with Crippen LogP contribution in [0.1, 0.15) is 37.7 Å². The molecular weight excluding hydrogens is 434 g/mol. The molecule has 6 rings (SSSR count). The molecule has 6 aromatic rings. The molecule has 3 heteroatoms. The minimum atomic E-state index is 0.0367. The SMILES string of the molecule is Cc1cc2ccc(-c3sc4ccnc(-c5cc(C(C)(C)C)c6ccccc6c5)c4c3C)cc2o1. The Morgan fingerprint density at radius 2 is 1.65 bits per heavy atom. The molecule has 0 fully saturated rings. The maximum absolute atomic E-state index is 5.92. The largest absolute Gasteiger partial charge is 0.461 e. The molecule has 0 amide bonds. The lowest BCUT2D eigenvalue weighted by Crippen LogP contribution is -2.12. The van der Waals surface area contributed by atoms with Crippen molar-refractivity contribution in [3.63, 3.8) is 0 Å². The lowest BCUT2D eigenvalue weighted by atomic mass is 9.82. The monoisotopic (exact) mass is 461 g/mol. The minimum Gasteiger partial charge on any atom is -0.461 e. The van der Waals surface area contributed by atoms with Gasteiger partial charge in [0, 0.05) is 32.1 Å². The number of furan rings is 1. The first-order valence-corrected chi connectivity index (χ1v) is 12.5. The summed E-state index contributed by atoms with van der Waals surface area (Å²) in [4.78, 5) is 6.19. The Bertz CT molecular complexity index is 1710. The molecule has 3 aromatic heterocycles. The van der Waals surface area contributed by atoms with Gasteiger partial charge in [0.15, 0.2) is 0 Å². The van der Waals surface area contributed by atoms with Crippen molar-refractivity contribution < 1.29 is 4.42 Å². The quantitative estimate of drug-likeness (QED) is 0.257. The molecule has 3 aromatic carbocycles. The molecule has 0 saturated carbocycles. The van der Waals surface area contributed by atoms with Gasteiger partial charge in [-0.2, -0.15) is 0 Å². The van der Waals surface area contributed by atoms with Gasteiger partial charge < -0.3 is 4.42 Å². The van der Waals surface area contributed by atoms with E-state index < -0.39 is 0 Å². The van der Waals surface area contributed by atoms with Gasteiger partial charge in [0.25, 0.3) is 0 Å². The van der Waals surface area contributed by atoms with E-state index in [0.29, 0.717) is 0 Å². The summed E-state index contributed by atoms with van der Waals surface area (Å²) < 4.78 is 7.18. The van der Waals surface area contributed by atoms with Gasteiger partial charge in [-0.05, 0) is 77.1 Å². The van der Waals surface area contributed by atoms with Gasteiger partial charge in [0.2, 0.25) is 0 Å². The van der Waals surface area contributed by atoms with E-state index >= 15 is 0 Å². The lowest BCUT2D eigenvalue weighted by Gasteiger charge is -2.23. The fraction of sp³-hybridized carbons (Fsp3) is 0.194. The van der Waals surface area contributed by atoms with Crippen LogP contribution in [0.25, 0.3) is 53.5 Å². The second kappa shape index (κ2) is 7.54. The number of benzene rings is 3. The summed E-state index contributed by atoms with van der Waals surface area (Å²) in [7, 11) is 0. The Morgan fingerprint density at radius 1 is 0.824 bits per heavy atom. The molecule has 0 radical (unpaired) electrons. The van der Waals surface area contributed by atoms with E-state index in [9.17, 15) is 0 Å². The Balaban J connectivity index is 1.59. The molecule has 2 nitrogen and oxygen atoms in total. The van der Waals surface area contributed by atoms with E-state index in [4.69, 9.17) is 9.40 Å². The lowest BCUT2D eigenvalue weighted by molar-refractivity contribution is 0.578. The fourth-order valence-corrected chi connectivity index (χ4v) is 6.26. The van der Waals surface area contributed by atoms with Crippen LogP contribution in [-0.2, 0) is 5.41 Å². The van der Waals surface area contributed by atoms with Gasteiger partial charge >= 0.3 is 0 Å². The zero-order valence-electron chi connectivity index (χ0n) is 20.2. The van der Waals surface area contributed by atoms with E-state index in [1.165, 1.54) is 48.0 Å². The number of aryl methyl sites for hydroxylation is 2. The Hall–Kier alpha value is -3.43. The first kappa shape index (κ1) is 21.1. The number of pyridine rings is 1. The summed E-state index contributed by atoms with van der Waals surface area (Å²) in [6, 6.07) is 24.1. The first-order chi connectivity index (χ1) is 16.3. The van der Waals surface area contributed by atoms with Crippen molar-refractivity contribution >= 4 is 43.2 Å². The smallest absolute Gasteiger partial charge is 0.134 e. The van der Waals surface area contributed by atoms with Crippen molar-refractivity contribution in [3.05, 3.63) is 89.8 Å². The summed E-state index contributed by atoms with van der Waals surface area (Å²) in [6.45, 7) is 11.1. The molecule has 0 unspecified atom stereocenters. The van der Waals surface area contributed by atoms with Gasteiger partial charge in [-0.15, -0.1) is 11.3 Å².